The number of carbonyl (C=O) groups is 2. The van der Waals surface area contributed by atoms with Gasteiger partial charge in [-0.15, -0.1) is 0 Å². The van der Waals surface area contributed by atoms with Gasteiger partial charge in [-0.2, -0.15) is 0 Å². The van der Waals surface area contributed by atoms with Crippen LogP contribution in [0.1, 0.15) is 32.6 Å². The zero-order valence-corrected chi connectivity index (χ0v) is 12.5. The summed E-state index contributed by atoms with van der Waals surface area (Å²) in [6, 6.07) is 7.41. The minimum Gasteiger partial charge on any atom is -0.330 e. The Bertz CT molecular complexity index is 499. The molecule has 1 unspecified atom stereocenters. The fraction of sp³-hybridized carbons (Fsp3) is 0.500. The molecule has 0 spiro atoms. The first-order chi connectivity index (χ1) is 10.2. The quantitative estimate of drug-likeness (QED) is 0.842. The largest absolute Gasteiger partial charge is 0.330 e. The molecule has 1 aliphatic rings. The third-order valence-corrected chi connectivity index (χ3v) is 3.81. The average molecular weight is 289 g/mol. The third kappa shape index (κ3) is 3.82. The first-order valence-electron chi connectivity index (χ1n) is 7.57. The van der Waals surface area contributed by atoms with E-state index in [1.807, 2.05) is 31.2 Å². The fourth-order valence-corrected chi connectivity index (χ4v) is 2.59. The van der Waals surface area contributed by atoms with E-state index in [2.05, 4.69) is 5.32 Å². The van der Waals surface area contributed by atoms with Gasteiger partial charge in [0.15, 0.2) is 0 Å². The van der Waals surface area contributed by atoms with Crippen LogP contribution in [-0.2, 0) is 9.59 Å². The maximum Gasteiger partial charge on any atom is 0.228 e. The zero-order chi connectivity index (χ0) is 15.2. The maximum atomic E-state index is 12.1. The summed E-state index contributed by atoms with van der Waals surface area (Å²) in [5, 5.41) is 2.88. The van der Waals surface area contributed by atoms with Crippen molar-refractivity contribution in [2.75, 3.05) is 23.3 Å². The summed E-state index contributed by atoms with van der Waals surface area (Å²) >= 11 is 0. The average Bonchev–Trinajstić information content (AvgIpc) is 2.91. The second kappa shape index (κ2) is 7.22. The number of benzene rings is 1. The number of nitrogens with one attached hydrogen (secondary N) is 1. The fourth-order valence-electron chi connectivity index (χ4n) is 2.59. The van der Waals surface area contributed by atoms with Gasteiger partial charge in [0.1, 0.15) is 0 Å². The van der Waals surface area contributed by atoms with Crippen LogP contribution < -0.4 is 16.0 Å². The van der Waals surface area contributed by atoms with Crippen LogP contribution in [0.25, 0.3) is 0 Å². The molecule has 2 rings (SSSR count). The lowest BCUT2D eigenvalue weighted by atomic mass is 10.0. The number of anilines is 2. The van der Waals surface area contributed by atoms with Crippen molar-refractivity contribution in [3.63, 3.8) is 0 Å². The van der Waals surface area contributed by atoms with Crippen molar-refractivity contribution < 1.29 is 9.59 Å². The highest BCUT2D eigenvalue weighted by Crippen LogP contribution is 2.23. The number of nitrogens with two attached hydrogens (primary N) is 1. The highest BCUT2D eigenvalue weighted by molar-refractivity contribution is 5.96. The van der Waals surface area contributed by atoms with Gasteiger partial charge in [0, 0.05) is 30.9 Å². The van der Waals surface area contributed by atoms with Gasteiger partial charge in [0.05, 0.1) is 5.92 Å². The Balaban J connectivity index is 1.99. The number of carbonyl (C=O) groups excluding carboxylic acids is 2. The SMILES string of the molecule is CCCC(CN)C(=O)Nc1ccc(N2CCCC2=O)cc1. The van der Waals surface area contributed by atoms with Crippen LogP contribution in [0.5, 0.6) is 0 Å². The Morgan fingerprint density at radius 3 is 2.62 bits per heavy atom. The maximum absolute atomic E-state index is 12.1. The summed E-state index contributed by atoms with van der Waals surface area (Å²) in [7, 11) is 0. The Morgan fingerprint density at radius 1 is 1.38 bits per heavy atom. The van der Waals surface area contributed by atoms with E-state index in [-0.39, 0.29) is 17.7 Å². The minimum atomic E-state index is -0.144. The second-order valence-electron chi connectivity index (χ2n) is 5.41. The molecule has 0 saturated carbocycles. The van der Waals surface area contributed by atoms with Gasteiger partial charge in [-0.25, -0.2) is 0 Å². The molecule has 2 amide bonds. The molecule has 1 heterocycles. The zero-order valence-electron chi connectivity index (χ0n) is 12.5. The molecule has 5 heteroatoms. The molecule has 1 fully saturated rings. The lowest BCUT2D eigenvalue weighted by Crippen LogP contribution is -2.29. The predicted molar refractivity (Wildman–Crippen MR) is 84.1 cm³/mol. The van der Waals surface area contributed by atoms with E-state index in [4.69, 9.17) is 5.73 Å². The van der Waals surface area contributed by atoms with Crippen LogP contribution in [0.2, 0.25) is 0 Å². The Kier molecular flexibility index (Phi) is 5.33. The third-order valence-electron chi connectivity index (χ3n) is 3.81. The van der Waals surface area contributed by atoms with E-state index >= 15 is 0 Å². The first-order valence-corrected chi connectivity index (χ1v) is 7.57. The van der Waals surface area contributed by atoms with Crippen molar-refractivity contribution in [2.45, 2.75) is 32.6 Å². The molecule has 21 heavy (non-hydrogen) atoms. The summed E-state index contributed by atoms with van der Waals surface area (Å²) in [5.41, 5.74) is 7.26. The highest BCUT2D eigenvalue weighted by atomic mass is 16.2. The van der Waals surface area contributed by atoms with Gasteiger partial charge in [0.2, 0.25) is 11.8 Å². The molecule has 1 aromatic rings. The molecular formula is C16H23N3O2. The van der Waals surface area contributed by atoms with Crippen LogP contribution in [-0.4, -0.2) is 24.9 Å². The standard InChI is InChI=1S/C16H23N3O2/c1-2-4-12(11-17)16(21)18-13-6-8-14(9-7-13)19-10-3-5-15(19)20/h6-9,12H,2-5,10-11,17H2,1H3,(H,18,21). The van der Waals surface area contributed by atoms with Crippen LogP contribution in [0.3, 0.4) is 0 Å². The summed E-state index contributed by atoms with van der Waals surface area (Å²) in [4.78, 5) is 25.5. The normalized spacial score (nSPS) is 16.1. The van der Waals surface area contributed by atoms with Crippen LogP contribution in [0.15, 0.2) is 24.3 Å². The lowest BCUT2D eigenvalue weighted by molar-refractivity contribution is -0.120. The second-order valence-corrected chi connectivity index (χ2v) is 5.41. The Morgan fingerprint density at radius 2 is 2.10 bits per heavy atom. The van der Waals surface area contributed by atoms with E-state index in [0.29, 0.717) is 13.0 Å². The van der Waals surface area contributed by atoms with Crippen LogP contribution in [0, 0.1) is 5.92 Å². The summed E-state index contributed by atoms with van der Waals surface area (Å²) < 4.78 is 0. The first kappa shape index (κ1) is 15.5. The topological polar surface area (TPSA) is 75.4 Å². The van der Waals surface area contributed by atoms with Gasteiger partial charge in [-0.1, -0.05) is 13.3 Å². The molecule has 1 aromatic carbocycles. The van der Waals surface area contributed by atoms with E-state index in [0.717, 1.165) is 37.2 Å². The summed E-state index contributed by atoms with van der Waals surface area (Å²) in [6.07, 6.45) is 3.26. The van der Waals surface area contributed by atoms with Crippen molar-refractivity contribution in [3.05, 3.63) is 24.3 Å². The summed E-state index contributed by atoms with van der Waals surface area (Å²) in [6.45, 7) is 3.17. The molecule has 0 radical (unpaired) electrons. The van der Waals surface area contributed by atoms with Crippen molar-refractivity contribution in [1.29, 1.82) is 0 Å². The monoisotopic (exact) mass is 289 g/mol. The number of nitrogens with zero attached hydrogens (tertiary/aromatic N) is 1. The molecule has 1 aliphatic heterocycles. The van der Waals surface area contributed by atoms with Crippen LogP contribution >= 0.6 is 0 Å². The van der Waals surface area contributed by atoms with Crippen molar-refractivity contribution >= 4 is 23.2 Å². The van der Waals surface area contributed by atoms with Gasteiger partial charge in [-0.3, -0.25) is 9.59 Å². The Labute approximate surface area is 125 Å². The number of hydrogen-bond donors (Lipinski definition) is 2. The highest BCUT2D eigenvalue weighted by Gasteiger charge is 2.21. The lowest BCUT2D eigenvalue weighted by Gasteiger charge is -2.17. The molecule has 5 nitrogen and oxygen atoms in total. The molecule has 1 saturated heterocycles. The van der Waals surface area contributed by atoms with Gasteiger partial charge >= 0.3 is 0 Å². The minimum absolute atomic E-state index is 0.0376. The Hall–Kier alpha value is -1.88. The van der Waals surface area contributed by atoms with E-state index in [1.165, 1.54) is 0 Å². The molecule has 3 N–H and O–H groups in total. The molecule has 1 atom stereocenters. The molecular weight excluding hydrogens is 266 g/mol. The van der Waals surface area contributed by atoms with E-state index in [1.54, 1.807) is 4.90 Å². The van der Waals surface area contributed by atoms with Gasteiger partial charge in [-0.05, 0) is 37.1 Å². The van der Waals surface area contributed by atoms with Crippen LogP contribution in [0.4, 0.5) is 11.4 Å². The van der Waals surface area contributed by atoms with E-state index < -0.39 is 0 Å². The van der Waals surface area contributed by atoms with Crippen molar-refractivity contribution in [1.82, 2.24) is 0 Å². The molecule has 114 valence electrons. The molecule has 0 aliphatic carbocycles. The predicted octanol–water partition coefficient (Wildman–Crippen LogP) is 2.13. The number of rotatable bonds is 6. The van der Waals surface area contributed by atoms with E-state index in [9.17, 15) is 9.59 Å². The van der Waals surface area contributed by atoms with Crippen molar-refractivity contribution in [2.24, 2.45) is 11.7 Å². The van der Waals surface area contributed by atoms with Crippen molar-refractivity contribution in [3.8, 4) is 0 Å². The molecule has 0 aromatic heterocycles. The van der Waals surface area contributed by atoms with Gasteiger partial charge in [0.25, 0.3) is 0 Å². The van der Waals surface area contributed by atoms with Gasteiger partial charge < -0.3 is 16.0 Å². The summed E-state index contributed by atoms with van der Waals surface area (Å²) in [5.74, 6) is -0.0166. The molecule has 0 bridgehead atoms. The number of amides is 2. The smallest absolute Gasteiger partial charge is 0.228 e. The number of hydrogen-bond acceptors (Lipinski definition) is 3.